The molecule has 0 unspecified atom stereocenters. The lowest BCUT2D eigenvalue weighted by atomic mass is 10.1. The molecule has 0 spiro atoms. The lowest BCUT2D eigenvalue weighted by molar-refractivity contribution is -0.158. The predicted octanol–water partition coefficient (Wildman–Crippen LogP) is 2.33. The molecule has 0 heterocycles. The number of hydrogen-bond donors (Lipinski definition) is 1. The molecule has 0 aliphatic rings. The summed E-state index contributed by atoms with van der Waals surface area (Å²) in [6.45, 7) is 3.83. The molecule has 0 aliphatic carbocycles. The zero-order valence-corrected chi connectivity index (χ0v) is 9.67. The van der Waals surface area contributed by atoms with Gasteiger partial charge in [-0.2, -0.15) is 5.48 Å². The Kier molecular flexibility index (Phi) is 8.82. The third kappa shape index (κ3) is 9.25. The maximum atomic E-state index is 11.1. The van der Waals surface area contributed by atoms with E-state index in [2.05, 4.69) is 17.2 Å². The second-order valence-corrected chi connectivity index (χ2v) is 3.52. The molecule has 88 valence electrons. The van der Waals surface area contributed by atoms with Crippen LogP contribution in [0.3, 0.4) is 0 Å². The number of carbonyl (C=O) groups is 2. The van der Waals surface area contributed by atoms with Gasteiger partial charge in [0.25, 0.3) is 5.91 Å². The Morgan fingerprint density at radius 1 is 1.07 bits per heavy atom. The van der Waals surface area contributed by atoms with E-state index in [0.29, 0.717) is 6.42 Å². The van der Waals surface area contributed by atoms with Gasteiger partial charge in [-0.3, -0.25) is 4.79 Å². The molecule has 0 fully saturated rings. The SMILES string of the molecule is CCCCCCCC(=O)NOC(=O)CC. The molecule has 15 heavy (non-hydrogen) atoms. The summed E-state index contributed by atoms with van der Waals surface area (Å²) in [5.74, 6) is -0.623. The molecule has 0 aromatic rings. The van der Waals surface area contributed by atoms with E-state index in [4.69, 9.17) is 0 Å². The summed E-state index contributed by atoms with van der Waals surface area (Å²) in [7, 11) is 0. The van der Waals surface area contributed by atoms with Gasteiger partial charge in [0.05, 0.1) is 0 Å². The van der Waals surface area contributed by atoms with Crippen LogP contribution in [0, 0.1) is 0 Å². The second kappa shape index (κ2) is 9.49. The number of carbonyl (C=O) groups excluding carboxylic acids is 2. The largest absolute Gasteiger partial charge is 0.341 e. The number of rotatable bonds is 7. The van der Waals surface area contributed by atoms with Crippen molar-refractivity contribution in [3.63, 3.8) is 0 Å². The molecule has 0 aromatic carbocycles. The molecular weight excluding hydrogens is 194 g/mol. The molecule has 0 saturated carbocycles. The minimum absolute atomic E-state index is 0.215. The van der Waals surface area contributed by atoms with Crippen molar-refractivity contribution in [3.05, 3.63) is 0 Å². The van der Waals surface area contributed by atoms with Gasteiger partial charge in [-0.1, -0.05) is 39.5 Å². The maximum Gasteiger partial charge on any atom is 0.331 e. The third-order valence-corrected chi connectivity index (χ3v) is 2.07. The van der Waals surface area contributed by atoms with E-state index in [0.717, 1.165) is 12.8 Å². The molecular formula is C11H21NO3. The first kappa shape index (κ1) is 13.9. The van der Waals surface area contributed by atoms with Crippen LogP contribution in [0.15, 0.2) is 0 Å². The molecule has 0 rings (SSSR count). The van der Waals surface area contributed by atoms with Gasteiger partial charge in [-0.05, 0) is 6.42 Å². The zero-order valence-electron chi connectivity index (χ0n) is 9.67. The average molecular weight is 215 g/mol. The van der Waals surface area contributed by atoms with Crippen molar-refractivity contribution < 1.29 is 14.4 Å². The van der Waals surface area contributed by atoms with Gasteiger partial charge in [0.2, 0.25) is 0 Å². The molecule has 4 heteroatoms. The minimum Gasteiger partial charge on any atom is -0.341 e. The summed E-state index contributed by atoms with van der Waals surface area (Å²) >= 11 is 0. The fraction of sp³-hybridized carbons (Fsp3) is 0.818. The van der Waals surface area contributed by atoms with Gasteiger partial charge in [0, 0.05) is 12.8 Å². The summed E-state index contributed by atoms with van der Waals surface area (Å²) in [5.41, 5.74) is 2.14. The number of hydroxylamine groups is 1. The Labute approximate surface area is 91.3 Å². The van der Waals surface area contributed by atoms with Crippen LogP contribution in [0.1, 0.15) is 58.8 Å². The molecule has 0 aromatic heterocycles. The first-order valence-corrected chi connectivity index (χ1v) is 5.69. The van der Waals surface area contributed by atoms with Crippen LogP contribution >= 0.6 is 0 Å². The number of unbranched alkanes of at least 4 members (excludes halogenated alkanes) is 4. The monoisotopic (exact) mass is 215 g/mol. The van der Waals surface area contributed by atoms with E-state index >= 15 is 0 Å². The highest BCUT2D eigenvalue weighted by atomic mass is 16.7. The van der Waals surface area contributed by atoms with E-state index in [1.54, 1.807) is 6.92 Å². The minimum atomic E-state index is -0.408. The standard InChI is InChI=1S/C11H21NO3/c1-3-5-6-7-8-9-10(13)12-15-11(14)4-2/h3-9H2,1-2H3,(H,12,13). The summed E-state index contributed by atoms with van der Waals surface area (Å²) in [5, 5.41) is 0. The molecule has 0 aliphatic heterocycles. The van der Waals surface area contributed by atoms with Crippen molar-refractivity contribution in [3.8, 4) is 0 Å². The van der Waals surface area contributed by atoms with Crippen LogP contribution in [-0.2, 0) is 14.4 Å². The third-order valence-electron chi connectivity index (χ3n) is 2.07. The summed E-state index contributed by atoms with van der Waals surface area (Å²) in [4.78, 5) is 26.3. The van der Waals surface area contributed by atoms with Gasteiger partial charge in [0.15, 0.2) is 0 Å². The molecule has 0 radical (unpaired) electrons. The van der Waals surface area contributed by atoms with Crippen molar-refractivity contribution in [1.82, 2.24) is 5.48 Å². The Hall–Kier alpha value is -1.06. The van der Waals surface area contributed by atoms with Crippen molar-refractivity contribution >= 4 is 11.9 Å². The number of amides is 1. The van der Waals surface area contributed by atoms with Gasteiger partial charge < -0.3 is 4.84 Å². The van der Waals surface area contributed by atoms with Crippen molar-refractivity contribution in [1.29, 1.82) is 0 Å². The van der Waals surface area contributed by atoms with E-state index in [1.165, 1.54) is 19.3 Å². The topological polar surface area (TPSA) is 55.4 Å². The molecule has 1 N–H and O–H groups in total. The Morgan fingerprint density at radius 3 is 2.33 bits per heavy atom. The lowest BCUT2D eigenvalue weighted by Crippen LogP contribution is -2.26. The Bertz CT molecular complexity index is 192. The highest BCUT2D eigenvalue weighted by Crippen LogP contribution is 2.04. The highest BCUT2D eigenvalue weighted by Gasteiger charge is 2.03. The zero-order chi connectivity index (χ0) is 11.5. The van der Waals surface area contributed by atoms with Crippen LogP contribution < -0.4 is 5.48 Å². The lowest BCUT2D eigenvalue weighted by Gasteiger charge is -2.04. The number of hydrogen-bond acceptors (Lipinski definition) is 3. The van der Waals surface area contributed by atoms with E-state index in [1.807, 2.05) is 0 Å². The second-order valence-electron chi connectivity index (χ2n) is 3.52. The fourth-order valence-electron chi connectivity index (χ4n) is 1.13. The molecule has 1 amide bonds. The van der Waals surface area contributed by atoms with E-state index in [-0.39, 0.29) is 12.3 Å². The quantitative estimate of drug-likeness (QED) is 0.524. The number of nitrogens with one attached hydrogen (secondary N) is 1. The van der Waals surface area contributed by atoms with Gasteiger partial charge >= 0.3 is 5.97 Å². The fourth-order valence-corrected chi connectivity index (χ4v) is 1.13. The van der Waals surface area contributed by atoms with Gasteiger partial charge in [0.1, 0.15) is 0 Å². The Balaban J connectivity index is 3.30. The normalized spacial score (nSPS) is 9.73. The van der Waals surface area contributed by atoms with E-state index < -0.39 is 5.97 Å². The molecule has 0 atom stereocenters. The van der Waals surface area contributed by atoms with Crippen LogP contribution in [0.2, 0.25) is 0 Å². The predicted molar refractivity (Wildman–Crippen MR) is 57.9 cm³/mol. The smallest absolute Gasteiger partial charge is 0.331 e. The maximum absolute atomic E-state index is 11.1. The molecule has 0 bridgehead atoms. The van der Waals surface area contributed by atoms with Crippen LogP contribution in [0.5, 0.6) is 0 Å². The Morgan fingerprint density at radius 2 is 1.73 bits per heavy atom. The van der Waals surface area contributed by atoms with Crippen molar-refractivity contribution in [2.24, 2.45) is 0 Å². The molecule has 0 saturated heterocycles. The van der Waals surface area contributed by atoms with Crippen molar-refractivity contribution in [2.45, 2.75) is 58.8 Å². The van der Waals surface area contributed by atoms with E-state index in [9.17, 15) is 9.59 Å². The summed E-state index contributed by atoms with van der Waals surface area (Å²) < 4.78 is 0. The van der Waals surface area contributed by atoms with Crippen molar-refractivity contribution in [2.75, 3.05) is 0 Å². The molecule has 4 nitrogen and oxygen atoms in total. The van der Waals surface area contributed by atoms with Crippen LogP contribution in [-0.4, -0.2) is 11.9 Å². The summed E-state index contributed by atoms with van der Waals surface area (Å²) in [6, 6.07) is 0. The van der Waals surface area contributed by atoms with Crippen LogP contribution in [0.4, 0.5) is 0 Å². The van der Waals surface area contributed by atoms with Crippen LogP contribution in [0.25, 0.3) is 0 Å². The van der Waals surface area contributed by atoms with Gasteiger partial charge in [-0.15, -0.1) is 0 Å². The first-order valence-electron chi connectivity index (χ1n) is 5.69. The summed E-state index contributed by atoms with van der Waals surface area (Å²) in [6.07, 6.45) is 6.20. The van der Waals surface area contributed by atoms with Gasteiger partial charge in [-0.25, -0.2) is 4.79 Å². The highest BCUT2D eigenvalue weighted by molar-refractivity contribution is 5.77. The first-order chi connectivity index (χ1) is 7.20. The average Bonchev–Trinajstić information content (AvgIpc) is 2.25.